The molecule has 94 heavy (non-hydrogen) atoms. The molecule has 19 heteroatoms. The number of carbonyl (C=O) groups excluding carboxylic acids is 4. The maximum Gasteiger partial charge on any atom is 0.472 e. The van der Waals surface area contributed by atoms with Crippen LogP contribution in [0.25, 0.3) is 0 Å². The minimum atomic E-state index is -4.96. The number of aliphatic hydroxyl groups is 1. The summed E-state index contributed by atoms with van der Waals surface area (Å²) in [6.07, 6.45) is 51.4. The summed E-state index contributed by atoms with van der Waals surface area (Å²) >= 11 is 0. The zero-order chi connectivity index (χ0) is 69.4. The van der Waals surface area contributed by atoms with Crippen molar-refractivity contribution < 1.29 is 80.2 Å². The average Bonchev–Trinajstić information content (AvgIpc) is 2.27. The van der Waals surface area contributed by atoms with E-state index in [-0.39, 0.29) is 25.7 Å². The van der Waals surface area contributed by atoms with Crippen LogP contribution in [0.1, 0.15) is 382 Å². The van der Waals surface area contributed by atoms with Crippen LogP contribution in [-0.4, -0.2) is 96.7 Å². The Kier molecular flexibility index (Phi) is 64.3. The Bertz CT molecular complexity index is 1840. The van der Waals surface area contributed by atoms with Gasteiger partial charge in [0.25, 0.3) is 0 Å². The molecule has 17 nitrogen and oxygen atoms in total. The molecule has 0 aliphatic rings. The zero-order valence-electron chi connectivity index (χ0n) is 61.4. The van der Waals surface area contributed by atoms with E-state index in [9.17, 15) is 43.2 Å². The molecule has 0 radical (unpaired) electrons. The van der Waals surface area contributed by atoms with E-state index in [1.807, 2.05) is 0 Å². The molecule has 3 unspecified atom stereocenters. The number of esters is 4. The maximum absolute atomic E-state index is 13.1. The molecule has 0 rings (SSSR count). The van der Waals surface area contributed by atoms with Gasteiger partial charge in [-0.15, -0.1) is 0 Å². The van der Waals surface area contributed by atoms with Crippen LogP contribution in [0.3, 0.4) is 0 Å². The Morgan fingerprint density at radius 1 is 0.309 bits per heavy atom. The third kappa shape index (κ3) is 67.3. The molecule has 0 spiro atoms. The molecular weight excluding hydrogens is 1230 g/mol. The number of unbranched alkanes of at least 4 members (excludes halogenated alkanes) is 40. The van der Waals surface area contributed by atoms with Gasteiger partial charge in [0.1, 0.15) is 19.3 Å². The van der Waals surface area contributed by atoms with Gasteiger partial charge in [-0.05, 0) is 43.4 Å². The van der Waals surface area contributed by atoms with Crippen LogP contribution in [0.5, 0.6) is 0 Å². The van der Waals surface area contributed by atoms with Crippen LogP contribution in [0, 0.1) is 17.8 Å². The first-order chi connectivity index (χ1) is 45.3. The Labute approximate surface area is 575 Å². The van der Waals surface area contributed by atoms with Gasteiger partial charge in [-0.3, -0.25) is 37.3 Å². The van der Waals surface area contributed by atoms with E-state index < -0.39 is 97.5 Å². The second-order valence-corrected chi connectivity index (χ2v) is 31.1. The molecule has 6 atom stereocenters. The van der Waals surface area contributed by atoms with E-state index in [4.69, 9.17) is 37.0 Å². The van der Waals surface area contributed by atoms with Crippen molar-refractivity contribution in [3.8, 4) is 0 Å². The highest BCUT2D eigenvalue weighted by atomic mass is 31.2. The van der Waals surface area contributed by atoms with E-state index in [0.717, 1.165) is 108 Å². The topological polar surface area (TPSA) is 237 Å². The van der Waals surface area contributed by atoms with Gasteiger partial charge in [-0.2, -0.15) is 0 Å². The lowest BCUT2D eigenvalue weighted by atomic mass is 9.99. The zero-order valence-corrected chi connectivity index (χ0v) is 63.2. The Morgan fingerprint density at radius 2 is 0.543 bits per heavy atom. The summed E-state index contributed by atoms with van der Waals surface area (Å²) in [5, 5.41) is 10.6. The maximum atomic E-state index is 13.1. The molecule has 0 bridgehead atoms. The standard InChI is InChI=1S/C75H146O17P2/c1-8-10-11-12-13-14-15-16-17-18-19-24-30-35-44-51-58-74(79)91-70(62-85-72(77)56-49-42-34-29-23-21-20-22-27-32-39-46-53-66(3)4)64-89-93(81,82)87-60-69(76)61-88-94(83,84)90-65-71(63-86-73(78)57-50-43-38-37-40-47-54-67(5)6)92-75(80)59-52-45-36-31-26-25-28-33-41-48-55-68(7)9-2/h66-71,76H,8-65H2,1-7H3,(H,81,82)(H,83,84)/t68?,69-,70-,71-/m1/s1. The van der Waals surface area contributed by atoms with E-state index in [0.29, 0.717) is 31.6 Å². The van der Waals surface area contributed by atoms with Crippen LogP contribution in [0.2, 0.25) is 0 Å². The number of ether oxygens (including phenoxy) is 4. The lowest BCUT2D eigenvalue weighted by Crippen LogP contribution is -2.30. The van der Waals surface area contributed by atoms with Crippen molar-refractivity contribution in [2.24, 2.45) is 17.8 Å². The van der Waals surface area contributed by atoms with Gasteiger partial charge in [-0.25, -0.2) is 9.13 Å². The predicted molar refractivity (Wildman–Crippen MR) is 381 cm³/mol. The molecule has 558 valence electrons. The predicted octanol–water partition coefficient (Wildman–Crippen LogP) is 21.8. The smallest absolute Gasteiger partial charge is 0.462 e. The molecule has 0 saturated heterocycles. The monoisotopic (exact) mass is 1380 g/mol. The Morgan fingerprint density at radius 3 is 0.809 bits per heavy atom. The van der Waals surface area contributed by atoms with Crippen molar-refractivity contribution in [1.82, 2.24) is 0 Å². The van der Waals surface area contributed by atoms with Gasteiger partial charge >= 0.3 is 39.5 Å². The minimum absolute atomic E-state index is 0.105. The summed E-state index contributed by atoms with van der Waals surface area (Å²) in [6, 6.07) is 0. The summed E-state index contributed by atoms with van der Waals surface area (Å²) < 4.78 is 68.5. The number of rotatable bonds is 73. The fourth-order valence-corrected chi connectivity index (χ4v) is 13.0. The lowest BCUT2D eigenvalue weighted by Gasteiger charge is -2.21. The van der Waals surface area contributed by atoms with E-state index in [2.05, 4.69) is 48.5 Å². The average molecular weight is 1380 g/mol. The number of hydrogen-bond acceptors (Lipinski definition) is 15. The Hall–Kier alpha value is -1.94. The van der Waals surface area contributed by atoms with Crippen LogP contribution >= 0.6 is 15.6 Å². The van der Waals surface area contributed by atoms with Crippen LogP contribution < -0.4 is 0 Å². The summed E-state index contributed by atoms with van der Waals surface area (Å²) in [6.45, 7) is 11.8. The number of phosphoric ester groups is 2. The number of carbonyl (C=O) groups is 4. The van der Waals surface area contributed by atoms with Gasteiger partial charge in [0.2, 0.25) is 0 Å². The highest BCUT2D eigenvalue weighted by molar-refractivity contribution is 7.47. The van der Waals surface area contributed by atoms with Gasteiger partial charge in [-0.1, -0.05) is 331 Å². The van der Waals surface area contributed by atoms with Crippen LogP contribution in [0.15, 0.2) is 0 Å². The van der Waals surface area contributed by atoms with Crippen LogP contribution in [-0.2, 0) is 65.4 Å². The fraction of sp³-hybridized carbons (Fsp3) is 0.947. The summed E-state index contributed by atoms with van der Waals surface area (Å²) in [4.78, 5) is 72.8. The molecule has 0 aromatic rings. The van der Waals surface area contributed by atoms with Crippen molar-refractivity contribution in [2.45, 2.75) is 401 Å². The minimum Gasteiger partial charge on any atom is -0.462 e. The number of hydrogen-bond donors (Lipinski definition) is 3. The van der Waals surface area contributed by atoms with Gasteiger partial charge in [0, 0.05) is 25.7 Å². The quantitative estimate of drug-likeness (QED) is 0.0222. The highest BCUT2D eigenvalue weighted by Crippen LogP contribution is 2.45. The molecule has 0 aromatic heterocycles. The summed E-state index contributed by atoms with van der Waals surface area (Å²) in [5.74, 6) is 0.144. The highest BCUT2D eigenvalue weighted by Gasteiger charge is 2.30. The van der Waals surface area contributed by atoms with Gasteiger partial charge in [0.05, 0.1) is 26.4 Å². The molecule has 0 aliphatic carbocycles. The second kappa shape index (κ2) is 65.7. The van der Waals surface area contributed by atoms with Crippen molar-refractivity contribution >= 4 is 39.5 Å². The summed E-state index contributed by atoms with van der Waals surface area (Å²) in [7, 11) is -9.91. The van der Waals surface area contributed by atoms with E-state index in [1.165, 1.54) is 186 Å². The third-order valence-electron chi connectivity index (χ3n) is 17.7. The first-order valence-corrected chi connectivity index (χ1v) is 41.9. The lowest BCUT2D eigenvalue weighted by molar-refractivity contribution is -0.161. The van der Waals surface area contributed by atoms with E-state index >= 15 is 0 Å². The molecule has 0 aromatic carbocycles. The summed E-state index contributed by atoms with van der Waals surface area (Å²) in [5.41, 5.74) is 0. The normalized spacial score (nSPS) is 14.4. The van der Waals surface area contributed by atoms with Gasteiger partial charge in [0.15, 0.2) is 12.2 Å². The van der Waals surface area contributed by atoms with Crippen molar-refractivity contribution in [2.75, 3.05) is 39.6 Å². The van der Waals surface area contributed by atoms with Crippen molar-refractivity contribution in [3.05, 3.63) is 0 Å². The number of phosphoric acid groups is 2. The molecule has 0 amide bonds. The van der Waals surface area contributed by atoms with E-state index in [1.54, 1.807) is 0 Å². The molecule has 0 heterocycles. The number of aliphatic hydroxyl groups excluding tert-OH is 1. The third-order valence-corrected chi connectivity index (χ3v) is 19.6. The van der Waals surface area contributed by atoms with Crippen LogP contribution in [0.4, 0.5) is 0 Å². The molecule has 3 N–H and O–H groups in total. The Balaban J connectivity index is 5.25. The van der Waals surface area contributed by atoms with Crippen molar-refractivity contribution in [3.63, 3.8) is 0 Å². The first-order valence-electron chi connectivity index (χ1n) is 38.9. The fourth-order valence-electron chi connectivity index (χ4n) is 11.4. The first kappa shape index (κ1) is 92.1. The largest absolute Gasteiger partial charge is 0.472 e. The SMILES string of the molecule is CCCCCCCCCCCCCCCCCCC(=O)O[C@H](COC(=O)CCCCCCCCCCCCCCC(C)C)COP(=O)(O)OC[C@@H](O)COP(=O)(O)OC[C@@H](COC(=O)CCCCCCCCC(C)C)OC(=O)CCCCCCCCCCCCC(C)CC. The molecular formula is C75H146O17P2. The second-order valence-electron chi connectivity index (χ2n) is 28.2. The molecule has 0 aliphatic heterocycles. The van der Waals surface area contributed by atoms with Gasteiger partial charge < -0.3 is 33.8 Å². The molecule has 0 saturated carbocycles. The van der Waals surface area contributed by atoms with Crippen molar-refractivity contribution in [1.29, 1.82) is 0 Å². The molecule has 0 fully saturated rings.